The number of carbonyl (C=O) groups excluding carboxylic acids is 1. The second-order valence-electron chi connectivity index (χ2n) is 6.34. The topological polar surface area (TPSA) is 97.2 Å². The van der Waals surface area contributed by atoms with E-state index in [0.29, 0.717) is 23.8 Å². The van der Waals surface area contributed by atoms with Crippen molar-refractivity contribution in [2.75, 3.05) is 18.4 Å². The monoisotopic (exact) mass is 425 g/mol. The maximum atomic E-state index is 12.5. The Kier molecular flexibility index (Phi) is 7.24. The second-order valence-corrected chi connectivity index (χ2v) is 9.64. The summed E-state index contributed by atoms with van der Waals surface area (Å²) in [6.45, 7) is 9.92. The summed E-state index contributed by atoms with van der Waals surface area (Å²) in [5.74, 6) is -0.161. The molecule has 0 aliphatic carbocycles. The Morgan fingerprint density at radius 2 is 1.93 bits per heavy atom. The number of nitrogens with zero attached hydrogens (tertiary/aromatic N) is 4. The summed E-state index contributed by atoms with van der Waals surface area (Å²) in [5.41, 5.74) is 2.36. The second kappa shape index (κ2) is 9.06. The van der Waals surface area contributed by atoms with E-state index in [0.717, 1.165) is 11.4 Å². The van der Waals surface area contributed by atoms with Gasteiger partial charge in [0.2, 0.25) is 15.9 Å². The number of amides is 1. The highest BCUT2D eigenvalue weighted by molar-refractivity contribution is 8.00. The average molecular weight is 426 g/mol. The summed E-state index contributed by atoms with van der Waals surface area (Å²) in [4.78, 5) is 16.9. The minimum Gasteiger partial charge on any atom is -0.322 e. The van der Waals surface area contributed by atoms with Gasteiger partial charge in [0, 0.05) is 26.3 Å². The number of anilines is 1. The third-order valence-corrected chi connectivity index (χ3v) is 7.56. The predicted octanol–water partition coefficient (Wildman–Crippen LogP) is 2.58. The van der Waals surface area contributed by atoms with Crippen molar-refractivity contribution in [3.05, 3.63) is 29.7 Å². The van der Waals surface area contributed by atoms with E-state index >= 15 is 0 Å². The Balaban J connectivity index is 2.08. The Bertz CT molecular complexity index is 935. The van der Waals surface area contributed by atoms with Gasteiger partial charge < -0.3 is 5.32 Å². The molecule has 0 radical (unpaired) electrons. The van der Waals surface area contributed by atoms with E-state index in [9.17, 15) is 13.2 Å². The van der Waals surface area contributed by atoms with Gasteiger partial charge in [-0.1, -0.05) is 25.6 Å². The van der Waals surface area contributed by atoms with Gasteiger partial charge in [-0.3, -0.25) is 9.48 Å². The van der Waals surface area contributed by atoms with E-state index in [1.54, 1.807) is 31.5 Å². The largest absolute Gasteiger partial charge is 0.322 e. The first-order valence-electron chi connectivity index (χ1n) is 9.05. The maximum Gasteiger partial charge on any atom is 0.244 e. The molecule has 10 heteroatoms. The van der Waals surface area contributed by atoms with Crippen molar-refractivity contribution in [2.45, 2.75) is 49.8 Å². The molecule has 0 saturated carbocycles. The summed E-state index contributed by atoms with van der Waals surface area (Å²) in [6.07, 6.45) is 1.34. The molecule has 0 spiro atoms. The van der Waals surface area contributed by atoms with Gasteiger partial charge in [-0.15, -0.1) is 0 Å². The highest BCUT2D eigenvalue weighted by Gasteiger charge is 2.23. The summed E-state index contributed by atoms with van der Waals surface area (Å²) >= 11 is 1.27. The van der Waals surface area contributed by atoms with E-state index in [1.165, 1.54) is 28.3 Å². The molecule has 0 saturated heterocycles. The summed E-state index contributed by atoms with van der Waals surface area (Å²) in [5, 5.41) is 7.38. The Morgan fingerprint density at radius 3 is 2.39 bits per heavy atom. The molecule has 0 aliphatic rings. The van der Waals surface area contributed by atoms with E-state index in [4.69, 9.17) is 0 Å². The number of hydrogen-bond acceptors (Lipinski definition) is 6. The maximum absolute atomic E-state index is 12.5. The molecule has 2 rings (SSSR count). The Hall–Kier alpha value is -1.91. The van der Waals surface area contributed by atoms with Crippen LogP contribution in [0.2, 0.25) is 0 Å². The summed E-state index contributed by atoms with van der Waals surface area (Å²) < 4.78 is 28.1. The molecular weight excluding hydrogens is 398 g/mol. The lowest BCUT2D eigenvalue weighted by Crippen LogP contribution is -2.30. The molecule has 8 nitrogen and oxygen atoms in total. The molecule has 2 heterocycles. The minimum absolute atomic E-state index is 0.152. The zero-order valence-corrected chi connectivity index (χ0v) is 18.7. The summed E-state index contributed by atoms with van der Waals surface area (Å²) in [7, 11) is -1.71. The molecule has 0 fully saturated rings. The first kappa shape index (κ1) is 22.4. The lowest BCUT2D eigenvalue weighted by Gasteiger charge is -2.18. The molecule has 1 N–H and O–H groups in total. The van der Waals surface area contributed by atoms with Gasteiger partial charge in [0.05, 0.1) is 27.4 Å². The molecule has 1 atom stereocenters. The fraction of sp³-hybridized carbons (Fsp3) is 0.500. The molecule has 28 heavy (non-hydrogen) atoms. The lowest BCUT2D eigenvalue weighted by atomic mass is 10.3. The number of aromatic nitrogens is 3. The number of hydrogen-bond donors (Lipinski definition) is 1. The predicted molar refractivity (Wildman–Crippen MR) is 111 cm³/mol. The van der Waals surface area contributed by atoms with Gasteiger partial charge in [0.1, 0.15) is 4.90 Å². The van der Waals surface area contributed by atoms with E-state index in [2.05, 4.69) is 15.4 Å². The minimum atomic E-state index is -3.54. The van der Waals surface area contributed by atoms with Crippen LogP contribution in [0.5, 0.6) is 0 Å². The zero-order valence-electron chi connectivity index (χ0n) is 17.1. The van der Waals surface area contributed by atoms with Crippen LogP contribution in [0.3, 0.4) is 0 Å². The van der Waals surface area contributed by atoms with Crippen molar-refractivity contribution in [3.63, 3.8) is 0 Å². The van der Waals surface area contributed by atoms with Crippen LogP contribution in [0.25, 0.3) is 0 Å². The smallest absolute Gasteiger partial charge is 0.244 e. The van der Waals surface area contributed by atoms with E-state index in [-0.39, 0.29) is 10.8 Å². The number of carbonyl (C=O) groups is 1. The van der Waals surface area contributed by atoms with Crippen molar-refractivity contribution in [1.29, 1.82) is 0 Å². The first-order chi connectivity index (χ1) is 13.1. The number of nitrogens with one attached hydrogen (secondary N) is 1. The standard InChI is InChI=1S/C18H27N5O3S2/c1-7-23(8-2)28(25,26)15-9-10-16(19-11-15)27-14(5)18(24)20-17-12(3)21-22(6)13(17)4/h9-11,14H,7-8H2,1-6H3,(H,20,24). The zero-order chi connectivity index (χ0) is 21.1. The molecule has 0 bridgehead atoms. The number of thioether (sulfide) groups is 1. The third kappa shape index (κ3) is 4.73. The molecule has 154 valence electrons. The van der Waals surface area contributed by atoms with Crippen molar-refractivity contribution in [2.24, 2.45) is 7.05 Å². The molecule has 1 amide bonds. The Labute approximate surface area is 170 Å². The van der Waals surface area contributed by atoms with Crippen LogP contribution < -0.4 is 5.32 Å². The summed E-state index contributed by atoms with van der Waals surface area (Å²) in [6, 6.07) is 3.16. The van der Waals surface area contributed by atoms with Crippen molar-refractivity contribution in [1.82, 2.24) is 19.1 Å². The SMILES string of the molecule is CCN(CC)S(=O)(=O)c1ccc(SC(C)C(=O)Nc2c(C)nn(C)c2C)nc1. The van der Waals surface area contributed by atoms with Crippen LogP contribution >= 0.6 is 11.8 Å². The van der Waals surface area contributed by atoms with Crippen LogP contribution in [0, 0.1) is 13.8 Å². The van der Waals surface area contributed by atoms with Crippen LogP contribution in [0.4, 0.5) is 5.69 Å². The first-order valence-corrected chi connectivity index (χ1v) is 11.4. The van der Waals surface area contributed by atoms with Crippen molar-refractivity contribution >= 4 is 33.4 Å². The molecule has 0 aliphatic heterocycles. The number of rotatable bonds is 8. The Morgan fingerprint density at radius 1 is 1.29 bits per heavy atom. The highest BCUT2D eigenvalue weighted by Crippen LogP contribution is 2.25. The quantitative estimate of drug-likeness (QED) is 0.653. The van der Waals surface area contributed by atoms with Gasteiger partial charge in [-0.05, 0) is 32.9 Å². The third-order valence-electron chi connectivity index (χ3n) is 4.48. The lowest BCUT2D eigenvalue weighted by molar-refractivity contribution is -0.115. The van der Waals surface area contributed by atoms with Gasteiger partial charge in [-0.25, -0.2) is 13.4 Å². The number of pyridine rings is 1. The molecule has 1 unspecified atom stereocenters. The molecular formula is C18H27N5O3S2. The van der Waals surface area contributed by atoms with Crippen molar-refractivity contribution in [3.8, 4) is 0 Å². The van der Waals surface area contributed by atoms with Gasteiger partial charge >= 0.3 is 0 Å². The van der Waals surface area contributed by atoms with Gasteiger partial charge in [0.25, 0.3) is 0 Å². The molecule has 0 aromatic carbocycles. The number of sulfonamides is 1. The fourth-order valence-electron chi connectivity index (χ4n) is 2.72. The van der Waals surface area contributed by atoms with Crippen LogP contribution in [-0.2, 0) is 21.9 Å². The van der Waals surface area contributed by atoms with Crippen molar-refractivity contribution < 1.29 is 13.2 Å². The fourth-order valence-corrected chi connectivity index (χ4v) is 4.91. The van der Waals surface area contributed by atoms with Gasteiger partial charge in [0.15, 0.2) is 0 Å². The van der Waals surface area contributed by atoms with Crippen LogP contribution in [0.1, 0.15) is 32.2 Å². The molecule has 2 aromatic rings. The molecule has 2 aromatic heterocycles. The number of aryl methyl sites for hydroxylation is 2. The van der Waals surface area contributed by atoms with E-state index in [1.807, 2.05) is 20.9 Å². The highest BCUT2D eigenvalue weighted by atomic mass is 32.2. The van der Waals surface area contributed by atoms with E-state index < -0.39 is 15.3 Å². The average Bonchev–Trinajstić information content (AvgIpc) is 2.89. The normalized spacial score (nSPS) is 13.0. The van der Waals surface area contributed by atoms with Gasteiger partial charge in [-0.2, -0.15) is 9.40 Å². The van der Waals surface area contributed by atoms with Crippen LogP contribution in [-0.4, -0.2) is 51.7 Å². The van der Waals surface area contributed by atoms with Crippen LogP contribution in [0.15, 0.2) is 28.3 Å².